The number of aryl methyl sites for hydroxylation is 1. The predicted molar refractivity (Wildman–Crippen MR) is 101 cm³/mol. The smallest absolute Gasteiger partial charge is 0.275 e. The van der Waals surface area contributed by atoms with Crippen LogP contribution in [0.2, 0.25) is 0 Å². The maximum atomic E-state index is 14.2. The van der Waals surface area contributed by atoms with Gasteiger partial charge in [-0.15, -0.1) is 0 Å². The summed E-state index contributed by atoms with van der Waals surface area (Å²) in [5.74, 6) is -0.681. The highest BCUT2D eigenvalue weighted by Crippen LogP contribution is 2.27. The normalized spacial score (nSPS) is 11.0. The Hall–Kier alpha value is -3.61. The van der Waals surface area contributed by atoms with E-state index in [-0.39, 0.29) is 16.8 Å². The number of halogens is 2. The molecule has 0 atom stereocenters. The predicted octanol–water partition coefficient (Wildman–Crippen LogP) is 4.02. The third kappa shape index (κ3) is 3.11. The molecular weight excluding hydrogens is 364 g/mol. The number of aromatic nitrogens is 3. The first-order valence-corrected chi connectivity index (χ1v) is 8.48. The lowest BCUT2D eigenvalue weighted by Gasteiger charge is -2.10. The number of rotatable bonds is 3. The summed E-state index contributed by atoms with van der Waals surface area (Å²) in [6, 6.07) is 13.4. The standard InChI is InChI=1S/C21H15F2N3O2/c1-12-17(16-8-5-14(22)9-18(16)23)10-20-24-19(11-21(27)26(20)25-12)13-3-6-15(28-2)7-4-13/h3-11H,1-2H3. The summed E-state index contributed by atoms with van der Waals surface area (Å²) in [7, 11) is 1.57. The zero-order valence-corrected chi connectivity index (χ0v) is 15.1. The van der Waals surface area contributed by atoms with Crippen LogP contribution in [0, 0.1) is 18.6 Å². The molecule has 0 saturated carbocycles. The van der Waals surface area contributed by atoms with Gasteiger partial charge >= 0.3 is 0 Å². The van der Waals surface area contributed by atoms with Gasteiger partial charge in [-0.3, -0.25) is 4.79 Å². The van der Waals surface area contributed by atoms with Crippen molar-refractivity contribution in [3.8, 4) is 28.1 Å². The van der Waals surface area contributed by atoms with Crippen LogP contribution in [0.1, 0.15) is 5.69 Å². The Morgan fingerprint density at radius 1 is 0.964 bits per heavy atom. The van der Waals surface area contributed by atoms with Crippen molar-refractivity contribution < 1.29 is 13.5 Å². The van der Waals surface area contributed by atoms with Crippen molar-refractivity contribution in [3.63, 3.8) is 0 Å². The van der Waals surface area contributed by atoms with Gasteiger partial charge in [0.15, 0.2) is 5.65 Å². The average molecular weight is 379 g/mol. The van der Waals surface area contributed by atoms with E-state index in [4.69, 9.17) is 4.74 Å². The molecule has 0 amide bonds. The Labute approximate surface area is 158 Å². The van der Waals surface area contributed by atoms with Crippen LogP contribution in [-0.2, 0) is 0 Å². The first-order chi connectivity index (χ1) is 13.5. The van der Waals surface area contributed by atoms with Crippen LogP contribution in [0.15, 0.2) is 59.4 Å². The monoisotopic (exact) mass is 379 g/mol. The molecule has 0 fully saturated rings. The van der Waals surface area contributed by atoms with Gasteiger partial charge in [-0.25, -0.2) is 13.8 Å². The van der Waals surface area contributed by atoms with E-state index in [2.05, 4.69) is 10.1 Å². The number of ether oxygens (including phenoxy) is 1. The molecule has 4 rings (SSSR count). The first kappa shape index (κ1) is 17.8. The van der Waals surface area contributed by atoms with Crippen molar-refractivity contribution in [2.24, 2.45) is 0 Å². The molecule has 140 valence electrons. The molecule has 0 radical (unpaired) electrons. The number of hydrogen-bond acceptors (Lipinski definition) is 4. The lowest BCUT2D eigenvalue weighted by Crippen LogP contribution is -2.18. The quantitative estimate of drug-likeness (QED) is 0.540. The van der Waals surface area contributed by atoms with Gasteiger partial charge in [-0.05, 0) is 49.4 Å². The van der Waals surface area contributed by atoms with Crippen molar-refractivity contribution in [1.29, 1.82) is 0 Å². The van der Waals surface area contributed by atoms with Crippen LogP contribution < -0.4 is 10.3 Å². The highest BCUT2D eigenvalue weighted by Gasteiger charge is 2.14. The second-order valence-corrected chi connectivity index (χ2v) is 6.25. The van der Waals surface area contributed by atoms with Gasteiger partial charge in [0.1, 0.15) is 17.4 Å². The van der Waals surface area contributed by atoms with Crippen molar-refractivity contribution in [2.75, 3.05) is 7.11 Å². The molecule has 7 heteroatoms. The molecule has 0 bridgehead atoms. The van der Waals surface area contributed by atoms with Gasteiger partial charge < -0.3 is 4.74 Å². The molecule has 0 unspecified atom stereocenters. The van der Waals surface area contributed by atoms with Crippen molar-refractivity contribution in [3.05, 3.63) is 82.3 Å². The fourth-order valence-electron chi connectivity index (χ4n) is 3.02. The molecule has 0 aliphatic rings. The highest BCUT2D eigenvalue weighted by molar-refractivity contribution is 5.71. The molecule has 0 spiro atoms. The molecule has 0 saturated heterocycles. The minimum absolute atomic E-state index is 0.193. The van der Waals surface area contributed by atoms with E-state index in [1.165, 1.54) is 18.2 Å². The second-order valence-electron chi connectivity index (χ2n) is 6.25. The van der Waals surface area contributed by atoms with Crippen molar-refractivity contribution in [1.82, 2.24) is 14.6 Å². The lowest BCUT2D eigenvalue weighted by atomic mass is 10.0. The Kier molecular flexibility index (Phi) is 4.35. The number of fused-ring (bicyclic) bond motifs is 1. The van der Waals surface area contributed by atoms with Crippen molar-refractivity contribution >= 4 is 5.65 Å². The van der Waals surface area contributed by atoms with Gasteiger partial charge in [-0.2, -0.15) is 9.61 Å². The van der Waals surface area contributed by atoms with Crippen LogP contribution in [0.5, 0.6) is 5.75 Å². The highest BCUT2D eigenvalue weighted by atomic mass is 19.1. The van der Waals surface area contributed by atoms with E-state index in [1.54, 1.807) is 44.4 Å². The fourth-order valence-corrected chi connectivity index (χ4v) is 3.02. The van der Waals surface area contributed by atoms with Gasteiger partial charge in [0.25, 0.3) is 5.56 Å². The Morgan fingerprint density at radius 2 is 1.71 bits per heavy atom. The second kappa shape index (κ2) is 6.84. The Bertz CT molecular complexity index is 1250. The van der Waals surface area contributed by atoms with E-state index >= 15 is 0 Å². The van der Waals surface area contributed by atoms with Crippen LogP contribution in [-0.4, -0.2) is 21.7 Å². The van der Waals surface area contributed by atoms with Crippen LogP contribution >= 0.6 is 0 Å². The minimum atomic E-state index is -0.706. The maximum absolute atomic E-state index is 14.2. The lowest BCUT2D eigenvalue weighted by molar-refractivity contribution is 0.415. The summed E-state index contributed by atoms with van der Waals surface area (Å²) in [5, 5.41) is 4.24. The number of hydrogen-bond donors (Lipinski definition) is 0. The SMILES string of the molecule is COc1ccc(-c2cc(=O)n3nc(C)c(-c4ccc(F)cc4F)cc3n2)cc1. The minimum Gasteiger partial charge on any atom is -0.497 e. The van der Waals surface area contributed by atoms with Crippen molar-refractivity contribution in [2.45, 2.75) is 6.92 Å². The number of benzene rings is 2. The molecule has 28 heavy (non-hydrogen) atoms. The van der Waals surface area contributed by atoms with Crippen LogP contribution in [0.4, 0.5) is 8.78 Å². The zero-order chi connectivity index (χ0) is 19.8. The van der Waals surface area contributed by atoms with E-state index in [0.29, 0.717) is 22.7 Å². The summed E-state index contributed by atoms with van der Waals surface area (Å²) >= 11 is 0. The molecule has 2 aromatic heterocycles. The van der Waals surface area contributed by atoms with Gasteiger partial charge in [-0.1, -0.05) is 0 Å². The van der Waals surface area contributed by atoms with Gasteiger partial charge in [0.2, 0.25) is 0 Å². The third-order valence-corrected chi connectivity index (χ3v) is 4.44. The first-order valence-electron chi connectivity index (χ1n) is 8.48. The van der Waals surface area contributed by atoms with Crippen LogP contribution in [0.25, 0.3) is 28.0 Å². The summed E-state index contributed by atoms with van der Waals surface area (Å²) < 4.78 is 33.8. The molecular formula is C21H15F2N3O2. The summed E-state index contributed by atoms with van der Waals surface area (Å²) in [6.07, 6.45) is 0. The van der Waals surface area contributed by atoms with E-state index in [1.807, 2.05) is 0 Å². The van der Waals surface area contributed by atoms with E-state index < -0.39 is 11.6 Å². The molecule has 4 aromatic rings. The van der Waals surface area contributed by atoms with E-state index in [9.17, 15) is 13.6 Å². The third-order valence-electron chi connectivity index (χ3n) is 4.44. The topological polar surface area (TPSA) is 56.5 Å². The fraction of sp³-hybridized carbons (Fsp3) is 0.0952. The molecule has 2 aromatic carbocycles. The largest absolute Gasteiger partial charge is 0.497 e. The molecule has 0 aliphatic carbocycles. The molecule has 2 heterocycles. The van der Waals surface area contributed by atoms with Crippen LogP contribution in [0.3, 0.4) is 0 Å². The number of nitrogens with zero attached hydrogens (tertiary/aromatic N) is 3. The Balaban J connectivity index is 1.90. The molecule has 5 nitrogen and oxygen atoms in total. The average Bonchev–Trinajstić information content (AvgIpc) is 2.68. The summed E-state index contributed by atoms with van der Waals surface area (Å²) in [5.41, 5.74) is 2.17. The molecule has 0 N–H and O–H groups in total. The van der Waals surface area contributed by atoms with Gasteiger partial charge in [0, 0.05) is 28.8 Å². The van der Waals surface area contributed by atoms with Gasteiger partial charge in [0.05, 0.1) is 18.5 Å². The molecule has 0 aliphatic heterocycles. The summed E-state index contributed by atoms with van der Waals surface area (Å²) in [4.78, 5) is 17.0. The zero-order valence-electron chi connectivity index (χ0n) is 15.1. The Morgan fingerprint density at radius 3 is 2.39 bits per heavy atom. The summed E-state index contributed by atoms with van der Waals surface area (Å²) in [6.45, 7) is 1.65. The number of methoxy groups -OCH3 is 1. The van der Waals surface area contributed by atoms with E-state index in [0.717, 1.165) is 16.1 Å². The maximum Gasteiger partial charge on any atom is 0.275 e.